The third kappa shape index (κ3) is 4.31. The zero-order valence-corrected chi connectivity index (χ0v) is 12.3. The van der Waals surface area contributed by atoms with Crippen molar-refractivity contribution in [1.82, 2.24) is 5.32 Å². The van der Waals surface area contributed by atoms with Crippen molar-refractivity contribution >= 4 is 11.6 Å². The van der Waals surface area contributed by atoms with Crippen LogP contribution in [0.3, 0.4) is 0 Å². The van der Waals surface area contributed by atoms with E-state index in [9.17, 15) is 9.18 Å². The molecule has 2 aromatic rings. The highest BCUT2D eigenvalue weighted by molar-refractivity contribution is 5.94. The Hall–Kier alpha value is -2.36. The smallest absolute Gasteiger partial charge is 0.251 e. The summed E-state index contributed by atoms with van der Waals surface area (Å²) in [6.45, 7) is 3.23. The molecule has 4 heteroatoms. The standard InChI is InChI=1S/C17H19FN2O/c1-13-6-8-16(9-7-13)20(2)11-10-19-17(21)14-4-3-5-15(18)12-14/h3-9,12H,10-11H2,1-2H3,(H,19,21). The molecule has 0 unspecified atom stereocenters. The zero-order chi connectivity index (χ0) is 15.2. The molecule has 0 radical (unpaired) electrons. The second-order valence-electron chi connectivity index (χ2n) is 5.02. The number of carbonyl (C=O) groups is 1. The van der Waals surface area contributed by atoms with E-state index in [4.69, 9.17) is 0 Å². The first-order chi connectivity index (χ1) is 10.1. The van der Waals surface area contributed by atoms with Crippen molar-refractivity contribution in [1.29, 1.82) is 0 Å². The average molecular weight is 286 g/mol. The summed E-state index contributed by atoms with van der Waals surface area (Å²) >= 11 is 0. The molecule has 0 aliphatic rings. The number of hydrogen-bond acceptors (Lipinski definition) is 2. The average Bonchev–Trinajstić information content (AvgIpc) is 2.47. The van der Waals surface area contributed by atoms with E-state index < -0.39 is 5.82 Å². The van der Waals surface area contributed by atoms with Crippen LogP contribution in [0.2, 0.25) is 0 Å². The van der Waals surface area contributed by atoms with Crippen molar-refractivity contribution in [3.8, 4) is 0 Å². The maximum absolute atomic E-state index is 13.0. The van der Waals surface area contributed by atoms with Gasteiger partial charge >= 0.3 is 0 Å². The van der Waals surface area contributed by atoms with Gasteiger partial charge in [0.2, 0.25) is 0 Å². The van der Waals surface area contributed by atoms with E-state index in [0.717, 1.165) is 5.69 Å². The predicted molar refractivity (Wildman–Crippen MR) is 83.2 cm³/mol. The second kappa shape index (κ2) is 6.88. The Balaban J connectivity index is 1.83. The first-order valence-corrected chi connectivity index (χ1v) is 6.88. The van der Waals surface area contributed by atoms with Gasteiger partial charge in [0.05, 0.1) is 0 Å². The molecule has 0 aliphatic heterocycles. The minimum absolute atomic E-state index is 0.258. The van der Waals surface area contributed by atoms with E-state index in [-0.39, 0.29) is 5.91 Å². The summed E-state index contributed by atoms with van der Waals surface area (Å²) in [5, 5.41) is 2.79. The van der Waals surface area contributed by atoms with Crippen LogP contribution in [0.5, 0.6) is 0 Å². The molecule has 2 aromatic carbocycles. The summed E-state index contributed by atoms with van der Waals surface area (Å²) < 4.78 is 13.0. The van der Waals surface area contributed by atoms with Crippen LogP contribution in [0.1, 0.15) is 15.9 Å². The van der Waals surface area contributed by atoms with Gasteiger partial charge in [-0.15, -0.1) is 0 Å². The normalized spacial score (nSPS) is 10.2. The molecule has 1 amide bonds. The van der Waals surface area contributed by atoms with Gasteiger partial charge in [-0.1, -0.05) is 23.8 Å². The van der Waals surface area contributed by atoms with Crippen molar-refractivity contribution in [3.05, 3.63) is 65.5 Å². The van der Waals surface area contributed by atoms with Crippen molar-refractivity contribution < 1.29 is 9.18 Å². The summed E-state index contributed by atoms with van der Waals surface area (Å²) in [4.78, 5) is 13.9. The van der Waals surface area contributed by atoms with E-state index in [1.807, 2.05) is 26.1 Å². The van der Waals surface area contributed by atoms with Crippen molar-refractivity contribution in [2.45, 2.75) is 6.92 Å². The number of rotatable bonds is 5. The molecular weight excluding hydrogens is 267 g/mol. The number of carbonyl (C=O) groups excluding carboxylic acids is 1. The minimum Gasteiger partial charge on any atom is -0.373 e. The molecule has 0 heterocycles. The third-order valence-electron chi connectivity index (χ3n) is 3.29. The first-order valence-electron chi connectivity index (χ1n) is 6.88. The van der Waals surface area contributed by atoms with Gasteiger partial charge in [0.1, 0.15) is 5.82 Å². The Morgan fingerprint density at radius 2 is 1.90 bits per heavy atom. The SMILES string of the molecule is Cc1ccc(N(C)CCNC(=O)c2cccc(F)c2)cc1. The number of nitrogens with one attached hydrogen (secondary N) is 1. The maximum Gasteiger partial charge on any atom is 0.251 e. The molecule has 0 aromatic heterocycles. The van der Waals surface area contributed by atoms with Crippen LogP contribution >= 0.6 is 0 Å². The fraction of sp³-hybridized carbons (Fsp3) is 0.235. The van der Waals surface area contributed by atoms with Crippen LogP contribution in [-0.4, -0.2) is 26.0 Å². The minimum atomic E-state index is -0.403. The second-order valence-corrected chi connectivity index (χ2v) is 5.02. The molecule has 0 bridgehead atoms. The van der Waals surface area contributed by atoms with E-state index in [1.54, 1.807) is 6.07 Å². The molecule has 0 saturated carbocycles. The van der Waals surface area contributed by atoms with Gasteiger partial charge in [-0.25, -0.2) is 4.39 Å². The third-order valence-corrected chi connectivity index (χ3v) is 3.29. The van der Waals surface area contributed by atoms with E-state index >= 15 is 0 Å². The Bertz CT molecular complexity index is 610. The number of benzene rings is 2. The van der Waals surface area contributed by atoms with Gasteiger partial charge in [0.25, 0.3) is 5.91 Å². The quantitative estimate of drug-likeness (QED) is 0.916. The van der Waals surface area contributed by atoms with Crippen molar-refractivity contribution in [2.75, 3.05) is 25.0 Å². The highest BCUT2D eigenvalue weighted by Crippen LogP contribution is 2.12. The van der Waals surface area contributed by atoms with Crippen LogP contribution in [0.15, 0.2) is 48.5 Å². The van der Waals surface area contributed by atoms with Crippen LogP contribution in [0.4, 0.5) is 10.1 Å². The van der Waals surface area contributed by atoms with Gasteiger partial charge in [0, 0.05) is 31.4 Å². The summed E-state index contributed by atoms with van der Waals surface area (Å²) in [5.74, 6) is -0.661. The molecule has 110 valence electrons. The number of aryl methyl sites for hydroxylation is 1. The van der Waals surface area contributed by atoms with E-state index in [1.165, 1.54) is 23.8 Å². The molecule has 3 nitrogen and oxygen atoms in total. The number of likely N-dealkylation sites (N-methyl/N-ethyl adjacent to an activating group) is 1. The van der Waals surface area contributed by atoms with Crippen LogP contribution in [0.25, 0.3) is 0 Å². The number of amides is 1. The fourth-order valence-corrected chi connectivity index (χ4v) is 2.00. The number of anilines is 1. The molecular formula is C17H19FN2O. The molecule has 2 rings (SSSR count). The van der Waals surface area contributed by atoms with Gasteiger partial charge in [-0.05, 0) is 37.3 Å². The maximum atomic E-state index is 13.0. The van der Waals surface area contributed by atoms with E-state index in [2.05, 4.69) is 22.3 Å². The Kier molecular flexibility index (Phi) is 4.93. The fourth-order valence-electron chi connectivity index (χ4n) is 2.00. The summed E-state index contributed by atoms with van der Waals surface area (Å²) in [6.07, 6.45) is 0. The Morgan fingerprint density at radius 3 is 2.57 bits per heavy atom. The van der Waals surface area contributed by atoms with Crippen LogP contribution in [0, 0.1) is 12.7 Å². The molecule has 0 atom stereocenters. The van der Waals surface area contributed by atoms with Crippen molar-refractivity contribution in [2.24, 2.45) is 0 Å². The largest absolute Gasteiger partial charge is 0.373 e. The molecule has 0 aliphatic carbocycles. The Labute approximate surface area is 124 Å². The monoisotopic (exact) mass is 286 g/mol. The molecule has 0 spiro atoms. The van der Waals surface area contributed by atoms with Crippen LogP contribution in [-0.2, 0) is 0 Å². The van der Waals surface area contributed by atoms with Gasteiger partial charge in [-0.3, -0.25) is 4.79 Å². The first kappa shape index (κ1) is 15.0. The zero-order valence-electron chi connectivity index (χ0n) is 12.3. The Morgan fingerprint density at radius 1 is 1.19 bits per heavy atom. The summed E-state index contributed by atoms with van der Waals surface area (Å²) in [5.41, 5.74) is 2.65. The highest BCUT2D eigenvalue weighted by atomic mass is 19.1. The topological polar surface area (TPSA) is 32.3 Å². The molecule has 1 N–H and O–H groups in total. The summed E-state index contributed by atoms with van der Waals surface area (Å²) in [7, 11) is 1.97. The lowest BCUT2D eigenvalue weighted by Crippen LogP contribution is -2.33. The lowest BCUT2D eigenvalue weighted by atomic mass is 10.2. The van der Waals surface area contributed by atoms with Gasteiger partial charge in [0.15, 0.2) is 0 Å². The lowest BCUT2D eigenvalue weighted by molar-refractivity contribution is 0.0954. The van der Waals surface area contributed by atoms with Gasteiger partial charge in [-0.2, -0.15) is 0 Å². The van der Waals surface area contributed by atoms with E-state index in [0.29, 0.717) is 18.7 Å². The van der Waals surface area contributed by atoms with Crippen LogP contribution < -0.4 is 10.2 Å². The number of hydrogen-bond donors (Lipinski definition) is 1. The van der Waals surface area contributed by atoms with Crippen molar-refractivity contribution in [3.63, 3.8) is 0 Å². The molecule has 0 fully saturated rings. The lowest BCUT2D eigenvalue weighted by Gasteiger charge is -2.19. The number of nitrogens with zero attached hydrogens (tertiary/aromatic N) is 1. The highest BCUT2D eigenvalue weighted by Gasteiger charge is 2.06. The predicted octanol–water partition coefficient (Wildman–Crippen LogP) is 3.00. The summed E-state index contributed by atoms with van der Waals surface area (Å²) in [6, 6.07) is 13.9. The number of halogens is 1. The van der Waals surface area contributed by atoms with Gasteiger partial charge < -0.3 is 10.2 Å². The molecule has 0 saturated heterocycles. The molecule has 21 heavy (non-hydrogen) atoms.